The number of anilines is 1. The Labute approximate surface area is 179 Å². The number of ether oxygens (including phenoxy) is 1. The molecule has 0 aliphatic carbocycles. The predicted octanol–water partition coefficient (Wildman–Crippen LogP) is 5.67. The van der Waals surface area contributed by atoms with Crippen LogP contribution in [-0.2, 0) is 10.5 Å². The maximum atomic E-state index is 12.6. The highest BCUT2D eigenvalue weighted by molar-refractivity contribution is 8.00. The van der Waals surface area contributed by atoms with Gasteiger partial charge in [-0.2, -0.15) is 0 Å². The number of benzene rings is 2. The molecule has 0 spiro atoms. The van der Waals surface area contributed by atoms with Gasteiger partial charge in [0, 0.05) is 5.75 Å². The summed E-state index contributed by atoms with van der Waals surface area (Å²) in [7, 11) is 0. The average molecular weight is 428 g/mol. The molecule has 0 aliphatic heterocycles. The van der Waals surface area contributed by atoms with Crippen LogP contribution in [0.4, 0.5) is 5.13 Å². The van der Waals surface area contributed by atoms with Crippen molar-refractivity contribution in [3.05, 3.63) is 65.2 Å². The van der Waals surface area contributed by atoms with Gasteiger partial charge in [-0.05, 0) is 42.5 Å². The van der Waals surface area contributed by atoms with Crippen LogP contribution in [0.15, 0.2) is 52.9 Å². The fraction of sp³-hybridized carbons (Fsp3) is 0.318. The molecule has 0 bridgehead atoms. The third-order valence-corrected chi connectivity index (χ3v) is 6.35. The van der Waals surface area contributed by atoms with Crippen LogP contribution in [0, 0.1) is 6.92 Å². The second kappa shape index (κ2) is 9.89. The molecule has 0 fully saturated rings. The van der Waals surface area contributed by atoms with Crippen LogP contribution in [0.3, 0.4) is 0 Å². The molecule has 1 atom stereocenters. The maximum absolute atomic E-state index is 12.6. The van der Waals surface area contributed by atoms with E-state index in [-0.39, 0.29) is 5.91 Å². The van der Waals surface area contributed by atoms with Gasteiger partial charge in [-0.15, -0.1) is 10.2 Å². The molecule has 7 heteroatoms. The summed E-state index contributed by atoms with van der Waals surface area (Å²) >= 11 is 2.97. The first-order valence-electron chi connectivity index (χ1n) is 9.50. The zero-order chi connectivity index (χ0) is 20.8. The van der Waals surface area contributed by atoms with Gasteiger partial charge in [0.2, 0.25) is 5.13 Å². The van der Waals surface area contributed by atoms with E-state index in [1.807, 2.05) is 31.2 Å². The zero-order valence-electron chi connectivity index (χ0n) is 17.0. The van der Waals surface area contributed by atoms with Gasteiger partial charge in [0.25, 0.3) is 5.91 Å². The minimum Gasteiger partial charge on any atom is -0.481 e. The smallest absolute Gasteiger partial charge is 0.266 e. The number of rotatable bonds is 8. The van der Waals surface area contributed by atoms with Crippen LogP contribution >= 0.6 is 23.1 Å². The van der Waals surface area contributed by atoms with E-state index in [9.17, 15) is 4.79 Å². The van der Waals surface area contributed by atoms with Crippen molar-refractivity contribution in [2.45, 2.75) is 49.8 Å². The summed E-state index contributed by atoms with van der Waals surface area (Å²) in [5.74, 6) is 1.64. The lowest BCUT2D eigenvalue weighted by Gasteiger charge is -2.18. The number of hydrogen-bond acceptors (Lipinski definition) is 6. The minimum absolute atomic E-state index is 0.239. The van der Waals surface area contributed by atoms with Gasteiger partial charge >= 0.3 is 0 Å². The largest absolute Gasteiger partial charge is 0.481 e. The van der Waals surface area contributed by atoms with Crippen LogP contribution < -0.4 is 10.1 Å². The molecule has 1 amide bonds. The summed E-state index contributed by atoms with van der Waals surface area (Å²) in [5, 5.41) is 11.5. The highest BCUT2D eigenvalue weighted by atomic mass is 32.2. The number of nitrogens with one attached hydrogen (secondary N) is 1. The molecule has 3 rings (SSSR count). The molecule has 2 aromatic carbocycles. The summed E-state index contributed by atoms with van der Waals surface area (Å²) in [4.78, 5) is 12.6. The van der Waals surface area contributed by atoms with Gasteiger partial charge < -0.3 is 4.74 Å². The molecule has 1 N–H and O–H groups in total. The lowest BCUT2D eigenvalue weighted by Crippen LogP contribution is -2.30. The van der Waals surface area contributed by atoms with Crippen LogP contribution in [0.25, 0.3) is 0 Å². The van der Waals surface area contributed by atoms with Crippen molar-refractivity contribution in [2.24, 2.45) is 0 Å². The molecule has 5 nitrogen and oxygen atoms in total. The van der Waals surface area contributed by atoms with Gasteiger partial charge in [0.1, 0.15) is 5.75 Å². The SMILES string of the molecule is Cc1ccc(C(C)C)c(OC(C)C(=O)Nc2nnc(SCc3ccccc3)s2)c1. The molecule has 29 heavy (non-hydrogen) atoms. The summed E-state index contributed by atoms with van der Waals surface area (Å²) in [6.07, 6.45) is -0.640. The molecule has 1 unspecified atom stereocenters. The van der Waals surface area contributed by atoms with E-state index < -0.39 is 6.10 Å². The molecule has 0 saturated heterocycles. The van der Waals surface area contributed by atoms with Crippen LogP contribution in [0.2, 0.25) is 0 Å². The maximum Gasteiger partial charge on any atom is 0.266 e. The topological polar surface area (TPSA) is 64.1 Å². The number of amides is 1. The van der Waals surface area contributed by atoms with Crippen LogP contribution in [0.1, 0.15) is 43.4 Å². The number of carbonyl (C=O) groups excluding carboxylic acids is 1. The first-order chi connectivity index (χ1) is 13.9. The van der Waals surface area contributed by atoms with Crippen molar-refractivity contribution >= 4 is 34.1 Å². The molecular formula is C22H25N3O2S2. The fourth-order valence-corrected chi connectivity index (χ4v) is 4.42. The third kappa shape index (κ3) is 6.05. The standard InChI is InChI=1S/C22H25N3O2S2/c1-14(2)18-11-10-15(3)12-19(18)27-16(4)20(26)23-21-24-25-22(29-21)28-13-17-8-6-5-7-9-17/h5-12,14,16H,13H2,1-4H3,(H,23,24,26). The highest BCUT2D eigenvalue weighted by Gasteiger charge is 2.19. The Hall–Kier alpha value is -2.38. The Balaban J connectivity index is 1.58. The van der Waals surface area contributed by atoms with E-state index in [4.69, 9.17) is 4.74 Å². The van der Waals surface area contributed by atoms with Crippen molar-refractivity contribution in [1.82, 2.24) is 10.2 Å². The predicted molar refractivity (Wildman–Crippen MR) is 120 cm³/mol. The molecular weight excluding hydrogens is 402 g/mol. The summed E-state index contributed by atoms with van der Waals surface area (Å²) in [6.45, 7) is 7.97. The van der Waals surface area contributed by atoms with E-state index in [1.165, 1.54) is 16.9 Å². The Bertz CT molecular complexity index is 958. The third-order valence-electron chi connectivity index (χ3n) is 4.31. The van der Waals surface area contributed by atoms with Gasteiger partial charge in [-0.1, -0.05) is 79.4 Å². The van der Waals surface area contributed by atoms with Crippen molar-refractivity contribution in [2.75, 3.05) is 5.32 Å². The number of aryl methyl sites for hydroxylation is 1. The molecule has 3 aromatic rings. The fourth-order valence-electron chi connectivity index (χ4n) is 2.71. The number of aromatic nitrogens is 2. The molecule has 152 valence electrons. The summed E-state index contributed by atoms with van der Waals surface area (Å²) in [6, 6.07) is 16.3. The first-order valence-corrected chi connectivity index (χ1v) is 11.3. The number of carbonyl (C=O) groups is 1. The van der Waals surface area contributed by atoms with Crippen molar-refractivity contribution < 1.29 is 9.53 Å². The lowest BCUT2D eigenvalue weighted by atomic mass is 10.0. The van der Waals surface area contributed by atoms with Crippen molar-refractivity contribution in [3.63, 3.8) is 0 Å². The van der Waals surface area contributed by atoms with Crippen LogP contribution in [0.5, 0.6) is 5.75 Å². The molecule has 0 radical (unpaired) electrons. The monoisotopic (exact) mass is 427 g/mol. The van der Waals surface area contributed by atoms with Gasteiger partial charge in [-0.3, -0.25) is 10.1 Å². The molecule has 1 heterocycles. The van der Waals surface area contributed by atoms with Gasteiger partial charge in [-0.25, -0.2) is 0 Å². The van der Waals surface area contributed by atoms with E-state index in [0.717, 1.165) is 27.0 Å². The second-order valence-corrected chi connectivity index (χ2v) is 9.29. The van der Waals surface area contributed by atoms with Crippen molar-refractivity contribution in [1.29, 1.82) is 0 Å². The molecule has 0 saturated carbocycles. The Morgan fingerprint density at radius 2 is 1.90 bits per heavy atom. The zero-order valence-corrected chi connectivity index (χ0v) is 18.6. The van der Waals surface area contributed by atoms with E-state index >= 15 is 0 Å². The summed E-state index contributed by atoms with van der Waals surface area (Å²) in [5.41, 5.74) is 3.41. The van der Waals surface area contributed by atoms with Gasteiger partial charge in [0.15, 0.2) is 10.4 Å². The lowest BCUT2D eigenvalue weighted by molar-refractivity contribution is -0.122. The first kappa shape index (κ1) is 21.3. The Kier molecular flexibility index (Phi) is 7.28. The van der Waals surface area contributed by atoms with E-state index in [0.29, 0.717) is 11.0 Å². The highest BCUT2D eigenvalue weighted by Crippen LogP contribution is 2.30. The number of thioether (sulfide) groups is 1. The average Bonchev–Trinajstić information content (AvgIpc) is 3.14. The van der Waals surface area contributed by atoms with E-state index in [1.54, 1.807) is 18.7 Å². The van der Waals surface area contributed by atoms with Crippen LogP contribution in [-0.4, -0.2) is 22.2 Å². The Morgan fingerprint density at radius 1 is 1.14 bits per heavy atom. The molecule has 1 aromatic heterocycles. The Morgan fingerprint density at radius 3 is 2.62 bits per heavy atom. The quantitative estimate of drug-likeness (QED) is 0.371. The van der Waals surface area contributed by atoms with Crippen molar-refractivity contribution in [3.8, 4) is 5.75 Å². The normalized spacial score (nSPS) is 12.0. The summed E-state index contributed by atoms with van der Waals surface area (Å²) < 4.78 is 6.79. The van der Waals surface area contributed by atoms with Gasteiger partial charge in [0.05, 0.1) is 0 Å². The minimum atomic E-state index is -0.640. The molecule has 0 aliphatic rings. The second-order valence-electron chi connectivity index (χ2n) is 7.09. The van der Waals surface area contributed by atoms with E-state index in [2.05, 4.69) is 53.6 Å². The number of hydrogen-bond donors (Lipinski definition) is 1. The number of nitrogens with zero attached hydrogens (tertiary/aromatic N) is 2.